The van der Waals surface area contributed by atoms with Gasteiger partial charge in [0.25, 0.3) is 5.91 Å². The third kappa shape index (κ3) is 7.43. The number of alkyl halides is 3. The summed E-state index contributed by atoms with van der Waals surface area (Å²) in [4.78, 5) is 31.6. The molecule has 0 saturated carbocycles. The van der Waals surface area contributed by atoms with Gasteiger partial charge in [0.1, 0.15) is 11.6 Å². The van der Waals surface area contributed by atoms with Gasteiger partial charge in [-0.05, 0) is 56.4 Å². The summed E-state index contributed by atoms with van der Waals surface area (Å²) < 4.78 is 45.3. The van der Waals surface area contributed by atoms with Crippen molar-refractivity contribution in [3.63, 3.8) is 0 Å². The Balaban J connectivity index is 1.41. The Bertz CT molecular complexity index is 1410. The number of aryl methyl sites for hydroxylation is 1. The maximum Gasteiger partial charge on any atom is 0.425 e. The van der Waals surface area contributed by atoms with E-state index in [-0.39, 0.29) is 34.9 Å². The molecule has 1 aliphatic rings. The molecule has 0 unspecified atom stereocenters. The lowest BCUT2D eigenvalue weighted by molar-refractivity contribution is -0.189. The summed E-state index contributed by atoms with van der Waals surface area (Å²) in [5.41, 5.74) is 2.79. The fourth-order valence-corrected chi connectivity index (χ4v) is 5.31. The van der Waals surface area contributed by atoms with Gasteiger partial charge < -0.3 is 24.6 Å². The van der Waals surface area contributed by atoms with Crippen LogP contribution in [0.2, 0.25) is 5.02 Å². The largest absolute Gasteiger partial charge is 0.480 e. The number of aromatic nitrogens is 2. The highest BCUT2D eigenvalue weighted by Gasteiger charge is 2.38. The number of carbonyl (C=O) groups excluding carboxylic acids is 2. The molecule has 1 aliphatic heterocycles. The zero-order valence-electron chi connectivity index (χ0n) is 23.6. The predicted molar refractivity (Wildman–Crippen MR) is 152 cm³/mol. The number of carbonyl (C=O) groups is 2. The first-order chi connectivity index (χ1) is 19.9. The van der Waals surface area contributed by atoms with Crippen molar-refractivity contribution < 1.29 is 32.6 Å². The molecule has 2 N–H and O–H groups in total. The number of benzene rings is 2. The number of hydrogen-bond donors (Lipinski definition) is 2. The molecule has 2 amide bonds. The third-order valence-corrected chi connectivity index (χ3v) is 7.67. The van der Waals surface area contributed by atoms with Crippen molar-refractivity contribution in [3.05, 3.63) is 70.6 Å². The van der Waals surface area contributed by atoms with Crippen LogP contribution in [0.1, 0.15) is 60.9 Å². The summed E-state index contributed by atoms with van der Waals surface area (Å²) in [6, 6.07) is 11.1. The van der Waals surface area contributed by atoms with E-state index in [2.05, 4.69) is 5.32 Å². The lowest BCUT2D eigenvalue weighted by atomic mass is 10.0. The summed E-state index contributed by atoms with van der Waals surface area (Å²) in [7, 11) is 1.93. The maximum absolute atomic E-state index is 12.9. The molecular weight excluding hydrogens is 573 g/mol. The molecule has 8 nitrogen and oxygen atoms in total. The Morgan fingerprint density at radius 2 is 1.93 bits per heavy atom. The average molecular weight is 607 g/mol. The highest BCUT2D eigenvalue weighted by molar-refractivity contribution is 6.32. The minimum absolute atomic E-state index is 0.0366. The van der Waals surface area contributed by atoms with Gasteiger partial charge in [-0.25, -0.2) is 4.98 Å². The van der Waals surface area contributed by atoms with Crippen LogP contribution >= 0.6 is 11.6 Å². The number of nitrogens with zero attached hydrogens (tertiary/aromatic N) is 3. The highest BCUT2D eigenvalue weighted by atomic mass is 35.5. The van der Waals surface area contributed by atoms with E-state index < -0.39 is 24.2 Å². The van der Waals surface area contributed by atoms with Crippen LogP contribution in [0, 0.1) is 0 Å². The Morgan fingerprint density at radius 3 is 2.55 bits per heavy atom. The van der Waals surface area contributed by atoms with Crippen molar-refractivity contribution >= 4 is 23.4 Å². The molecule has 4 rings (SSSR count). The average Bonchev–Trinajstić information content (AvgIpc) is 3.56. The van der Waals surface area contributed by atoms with Gasteiger partial charge in [0.15, 0.2) is 6.10 Å². The van der Waals surface area contributed by atoms with Gasteiger partial charge in [0.05, 0.1) is 16.8 Å². The number of aliphatic hydroxyl groups is 1. The lowest BCUT2D eigenvalue weighted by Crippen LogP contribution is -2.37. The molecule has 12 heteroatoms. The number of hydrogen-bond acceptors (Lipinski definition) is 5. The van der Waals surface area contributed by atoms with Crippen molar-refractivity contribution in [1.29, 1.82) is 0 Å². The molecule has 42 heavy (non-hydrogen) atoms. The quantitative estimate of drug-likeness (QED) is 0.319. The van der Waals surface area contributed by atoms with E-state index in [0.717, 1.165) is 49.0 Å². The SMILES string of the molecule is CC(=O)N1CCC[C@@H]1c1nc(-c2ccc(C[C@@H](CCO)NC(=O)c3ccc(O[C@H](C)C(F)(F)F)c(Cl)c3)cc2)cn1C. The summed E-state index contributed by atoms with van der Waals surface area (Å²) >= 11 is 6.09. The molecule has 1 aromatic heterocycles. The fraction of sp³-hybridized carbons (Fsp3) is 0.433. The standard InChI is InChI=1S/C30H34ClF3N4O4/c1-18(30(32,33)34)42-27-11-10-22(16-24(27)31)29(41)35-23(12-14-39)15-20-6-8-21(9-7-20)25-17-37(3)28(36-25)26-5-4-13-38(26)19(2)40/h6-11,16-18,23,26,39H,4-5,12-15H2,1-3H3,(H,35,41)/t18-,23-,26-/m1/s1. The number of imidazole rings is 1. The zero-order valence-corrected chi connectivity index (χ0v) is 24.4. The van der Waals surface area contributed by atoms with E-state index in [4.69, 9.17) is 21.3 Å². The molecule has 1 saturated heterocycles. The molecule has 2 heterocycles. The van der Waals surface area contributed by atoms with Crippen molar-refractivity contribution in [2.75, 3.05) is 13.2 Å². The molecular formula is C30H34ClF3N4O4. The van der Waals surface area contributed by atoms with Gasteiger partial charge in [0, 0.05) is 50.5 Å². The van der Waals surface area contributed by atoms with Crippen LogP contribution in [0.3, 0.4) is 0 Å². The molecule has 0 aliphatic carbocycles. The van der Waals surface area contributed by atoms with Crippen LogP contribution in [0.5, 0.6) is 5.75 Å². The molecule has 0 spiro atoms. The number of aliphatic hydroxyl groups excluding tert-OH is 1. The first kappa shape index (κ1) is 31.4. The van der Waals surface area contributed by atoms with E-state index in [9.17, 15) is 27.9 Å². The van der Waals surface area contributed by atoms with Crippen LogP contribution in [-0.2, 0) is 18.3 Å². The van der Waals surface area contributed by atoms with E-state index >= 15 is 0 Å². The minimum atomic E-state index is -4.55. The highest BCUT2D eigenvalue weighted by Crippen LogP contribution is 2.33. The minimum Gasteiger partial charge on any atom is -0.480 e. The monoisotopic (exact) mass is 606 g/mol. The van der Waals surface area contributed by atoms with E-state index in [0.29, 0.717) is 12.8 Å². The van der Waals surface area contributed by atoms with Crippen molar-refractivity contribution in [2.24, 2.45) is 7.05 Å². The molecule has 2 aromatic carbocycles. The molecule has 3 atom stereocenters. The summed E-state index contributed by atoms with van der Waals surface area (Å²) in [5, 5.41) is 12.3. The normalized spacial score (nSPS) is 16.8. The lowest BCUT2D eigenvalue weighted by Gasteiger charge is -2.22. The van der Waals surface area contributed by atoms with Gasteiger partial charge >= 0.3 is 6.18 Å². The smallest absolute Gasteiger partial charge is 0.425 e. The van der Waals surface area contributed by atoms with Crippen molar-refractivity contribution in [3.8, 4) is 17.0 Å². The number of halogens is 4. The van der Waals surface area contributed by atoms with Gasteiger partial charge in [0.2, 0.25) is 5.91 Å². The molecule has 226 valence electrons. The van der Waals surface area contributed by atoms with Gasteiger partial charge in [-0.2, -0.15) is 13.2 Å². The number of rotatable bonds is 10. The second kappa shape index (κ2) is 13.2. The molecule has 0 bridgehead atoms. The second-order valence-electron chi connectivity index (χ2n) is 10.5. The van der Waals surface area contributed by atoms with Gasteiger partial charge in [-0.1, -0.05) is 35.9 Å². The van der Waals surface area contributed by atoms with E-state index in [1.165, 1.54) is 18.2 Å². The van der Waals surface area contributed by atoms with Crippen LogP contribution in [0.15, 0.2) is 48.7 Å². The molecule has 1 fully saturated rings. The first-order valence-electron chi connectivity index (χ1n) is 13.7. The molecule has 3 aromatic rings. The Morgan fingerprint density at radius 1 is 1.21 bits per heavy atom. The summed E-state index contributed by atoms with van der Waals surface area (Å²) in [6.07, 6.45) is -2.11. The van der Waals surface area contributed by atoms with Crippen molar-refractivity contribution in [1.82, 2.24) is 19.8 Å². The summed E-state index contributed by atoms with van der Waals surface area (Å²) in [5.74, 6) is 0.238. The van der Waals surface area contributed by atoms with Gasteiger partial charge in [-0.3, -0.25) is 9.59 Å². The Hall–Kier alpha value is -3.57. The Kier molecular flexibility index (Phi) is 9.83. The predicted octanol–water partition coefficient (Wildman–Crippen LogP) is 5.48. The number of nitrogens with one attached hydrogen (secondary N) is 1. The fourth-order valence-electron chi connectivity index (χ4n) is 5.08. The van der Waals surface area contributed by atoms with Gasteiger partial charge in [-0.15, -0.1) is 0 Å². The maximum atomic E-state index is 12.9. The zero-order chi connectivity index (χ0) is 30.6. The topological polar surface area (TPSA) is 96.7 Å². The second-order valence-corrected chi connectivity index (χ2v) is 10.9. The van der Waals surface area contributed by atoms with E-state index in [1.54, 1.807) is 6.92 Å². The van der Waals surface area contributed by atoms with Crippen LogP contribution in [0.4, 0.5) is 13.2 Å². The number of ether oxygens (including phenoxy) is 1. The van der Waals surface area contributed by atoms with Crippen molar-refractivity contribution in [2.45, 2.75) is 63.9 Å². The third-order valence-electron chi connectivity index (χ3n) is 7.37. The van der Waals surface area contributed by atoms with Crippen LogP contribution in [0.25, 0.3) is 11.3 Å². The Labute approximate surface area is 247 Å². The van der Waals surface area contributed by atoms with Crippen LogP contribution in [-0.4, -0.2) is 62.8 Å². The van der Waals surface area contributed by atoms with E-state index in [1.807, 2.05) is 47.0 Å². The first-order valence-corrected chi connectivity index (χ1v) is 14.1. The summed E-state index contributed by atoms with van der Waals surface area (Å²) in [6.45, 7) is 3.03. The molecule has 0 radical (unpaired) electrons. The van der Waals surface area contributed by atoms with Crippen LogP contribution < -0.4 is 10.1 Å². The number of likely N-dealkylation sites (tertiary alicyclic amines) is 1. The number of amides is 2.